The molecule has 1 aromatic rings. The van der Waals surface area contributed by atoms with Crippen molar-refractivity contribution in [3.8, 4) is 0 Å². The van der Waals surface area contributed by atoms with Crippen molar-refractivity contribution in [1.82, 2.24) is 4.90 Å². The second-order valence-electron chi connectivity index (χ2n) is 4.43. The Morgan fingerprint density at radius 1 is 1.53 bits per heavy atom. The van der Waals surface area contributed by atoms with Gasteiger partial charge in [-0.1, -0.05) is 25.1 Å². The average Bonchev–Trinajstić information content (AvgIpc) is 2.35. The van der Waals surface area contributed by atoms with Gasteiger partial charge in [-0.25, -0.2) is 0 Å². The van der Waals surface area contributed by atoms with Gasteiger partial charge < -0.3 is 11.1 Å². The average molecular weight is 233 g/mol. The number of anilines is 1. The van der Waals surface area contributed by atoms with Crippen molar-refractivity contribution in [1.29, 1.82) is 0 Å². The Labute approximate surface area is 102 Å². The first kappa shape index (κ1) is 11.9. The van der Waals surface area contributed by atoms with Crippen LogP contribution in [0.2, 0.25) is 0 Å². The van der Waals surface area contributed by atoms with E-state index in [9.17, 15) is 4.79 Å². The Morgan fingerprint density at radius 2 is 2.29 bits per heavy atom. The van der Waals surface area contributed by atoms with Gasteiger partial charge in [-0.3, -0.25) is 9.69 Å². The summed E-state index contributed by atoms with van der Waals surface area (Å²) in [4.78, 5) is 13.1. The van der Waals surface area contributed by atoms with Crippen LogP contribution in [0.25, 0.3) is 0 Å². The van der Waals surface area contributed by atoms with E-state index in [1.54, 1.807) is 0 Å². The van der Waals surface area contributed by atoms with Crippen LogP contribution in [0.1, 0.15) is 12.5 Å². The SMILES string of the molecule is CCN(CC(N)=O)C1CNc2ccccc2C1. The molecule has 1 aliphatic heterocycles. The number of carbonyl (C=O) groups is 1. The second-order valence-corrected chi connectivity index (χ2v) is 4.43. The third-order valence-electron chi connectivity index (χ3n) is 3.28. The molecule has 1 unspecified atom stereocenters. The number of hydrogen-bond acceptors (Lipinski definition) is 3. The molecule has 17 heavy (non-hydrogen) atoms. The molecule has 1 aromatic carbocycles. The Morgan fingerprint density at radius 3 is 3.00 bits per heavy atom. The van der Waals surface area contributed by atoms with Crippen molar-refractivity contribution in [2.24, 2.45) is 5.73 Å². The maximum atomic E-state index is 11.0. The molecular weight excluding hydrogens is 214 g/mol. The van der Waals surface area contributed by atoms with E-state index >= 15 is 0 Å². The van der Waals surface area contributed by atoms with E-state index in [-0.39, 0.29) is 5.91 Å². The number of benzene rings is 1. The van der Waals surface area contributed by atoms with Gasteiger partial charge in [0.05, 0.1) is 6.54 Å². The molecule has 0 fully saturated rings. The molecule has 4 heteroatoms. The maximum Gasteiger partial charge on any atom is 0.231 e. The van der Waals surface area contributed by atoms with E-state index in [1.807, 2.05) is 12.1 Å². The Bertz CT molecular complexity index is 405. The van der Waals surface area contributed by atoms with Crippen molar-refractivity contribution < 1.29 is 4.79 Å². The molecule has 1 heterocycles. The highest BCUT2D eigenvalue weighted by Crippen LogP contribution is 2.23. The molecule has 0 radical (unpaired) electrons. The molecule has 1 atom stereocenters. The summed E-state index contributed by atoms with van der Waals surface area (Å²) in [6.45, 7) is 4.12. The normalized spacial score (nSPS) is 18.6. The van der Waals surface area contributed by atoms with Crippen LogP contribution in [-0.2, 0) is 11.2 Å². The van der Waals surface area contributed by atoms with E-state index in [1.165, 1.54) is 11.3 Å². The zero-order chi connectivity index (χ0) is 12.3. The van der Waals surface area contributed by atoms with Gasteiger partial charge in [0.2, 0.25) is 5.91 Å². The van der Waals surface area contributed by atoms with E-state index < -0.39 is 0 Å². The number of carbonyl (C=O) groups excluding carboxylic acids is 1. The number of amides is 1. The largest absolute Gasteiger partial charge is 0.383 e. The summed E-state index contributed by atoms with van der Waals surface area (Å²) in [7, 11) is 0. The summed E-state index contributed by atoms with van der Waals surface area (Å²) < 4.78 is 0. The summed E-state index contributed by atoms with van der Waals surface area (Å²) >= 11 is 0. The summed E-state index contributed by atoms with van der Waals surface area (Å²) in [6, 6.07) is 8.66. The highest BCUT2D eigenvalue weighted by molar-refractivity contribution is 5.76. The summed E-state index contributed by atoms with van der Waals surface area (Å²) in [5, 5.41) is 3.41. The number of para-hydroxylation sites is 1. The van der Waals surface area contributed by atoms with Crippen LogP contribution < -0.4 is 11.1 Å². The van der Waals surface area contributed by atoms with Gasteiger partial charge in [0, 0.05) is 18.3 Å². The molecule has 1 aliphatic rings. The molecule has 4 nitrogen and oxygen atoms in total. The number of nitrogens with zero attached hydrogens (tertiary/aromatic N) is 1. The summed E-state index contributed by atoms with van der Waals surface area (Å²) in [6.07, 6.45) is 0.976. The lowest BCUT2D eigenvalue weighted by Gasteiger charge is -2.34. The summed E-state index contributed by atoms with van der Waals surface area (Å²) in [5.41, 5.74) is 7.79. The highest BCUT2D eigenvalue weighted by Gasteiger charge is 2.23. The van der Waals surface area contributed by atoms with Crippen LogP contribution >= 0.6 is 0 Å². The molecule has 0 saturated carbocycles. The Hall–Kier alpha value is -1.55. The van der Waals surface area contributed by atoms with Gasteiger partial charge in [0.25, 0.3) is 0 Å². The highest BCUT2D eigenvalue weighted by atomic mass is 16.1. The zero-order valence-corrected chi connectivity index (χ0v) is 10.1. The number of primary amides is 1. The van der Waals surface area contributed by atoms with Crippen LogP contribution in [0.15, 0.2) is 24.3 Å². The van der Waals surface area contributed by atoms with Gasteiger partial charge in [-0.05, 0) is 24.6 Å². The molecule has 0 aromatic heterocycles. The fourth-order valence-corrected chi connectivity index (χ4v) is 2.38. The van der Waals surface area contributed by atoms with Crippen LogP contribution in [0.3, 0.4) is 0 Å². The molecule has 0 aliphatic carbocycles. The van der Waals surface area contributed by atoms with E-state index in [0.29, 0.717) is 12.6 Å². The molecule has 92 valence electrons. The van der Waals surface area contributed by atoms with Crippen molar-refractivity contribution in [2.75, 3.05) is 25.0 Å². The second kappa shape index (κ2) is 5.19. The van der Waals surface area contributed by atoms with Gasteiger partial charge in [-0.2, -0.15) is 0 Å². The number of fused-ring (bicyclic) bond motifs is 1. The van der Waals surface area contributed by atoms with Gasteiger partial charge >= 0.3 is 0 Å². The predicted molar refractivity (Wildman–Crippen MR) is 68.9 cm³/mol. The maximum absolute atomic E-state index is 11.0. The monoisotopic (exact) mass is 233 g/mol. The molecule has 2 rings (SSSR count). The number of hydrogen-bond donors (Lipinski definition) is 2. The van der Waals surface area contributed by atoms with Gasteiger partial charge in [0.15, 0.2) is 0 Å². The van der Waals surface area contributed by atoms with Crippen LogP contribution in [0, 0.1) is 0 Å². The molecule has 1 amide bonds. The quantitative estimate of drug-likeness (QED) is 0.810. The standard InChI is InChI=1S/C13H19N3O/c1-2-16(9-13(14)17)11-7-10-5-3-4-6-12(10)15-8-11/h3-6,11,15H,2,7-9H2,1H3,(H2,14,17). The minimum absolute atomic E-state index is 0.259. The number of nitrogens with one attached hydrogen (secondary N) is 1. The van der Waals surface area contributed by atoms with Crippen LogP contribution in [-0.4, -0.2) is 36.5 Å². The van der Waals surface area contributed by atoms with Crippen LogP contribution in [0.5, 0.6) is 0 Å². The van der Waals surface area contributed by atoms with Gasteiger partial charge in [-0.15, -0.1) is 0 Å². The number of rotatable bonds is 4. The lowest BCUT2D eigenvalue weighted by Crippen LogP contribution is -2.47. The van der Waals surface area contributed by atoms with E-state index in [0.717, 1.165) is 19.5 Å². The van der Waals surface area contributed by atoms with Crippen molar-refractivity contribution in [2.45, 2.75) is 19.4 Å². The fourth-order valence-electron chi connectivity index (χ4n) is 2.38. The van der Waals surface area contributed by atoms with E-state index in [2.05, 4.69) is 29.3 Å². The predicted octanol–water partition coefficient (Wildman–Crippen LogP) is 0.830. The zero-order valence-electron chi connectivity index (χ0n) is 10.1. The lowest BCUT2D eigenvalue weighted by atomic mass is 9.98. The Kier molecular flexibility index (Phi) is 3.64. The molecule has 0 bridgehead atoms. The van der Waals surface area contributed by atoms with Crippen molar-refractivity contribution in [3.63, 3.8) is 0 Å². The molecule has 0 saturated heterocycles. The van der Waals surface area contributed by atoms with Crippen LogP contribution in [0.4, 0.5) is 5.69 Å². The van der Waals surface area contributed by atoms with Crippen molar-refractivity contribution in [3.05, 3.63) is 29.8 Å². The first-order valence-electron chi connectivity index (χ1n) is 6.05. The lowest BCUT2D eigenvalue weighted by molar-refractivity contribution is -0.119. The number of likely N-dealkylation sites (N-methyl/N-ethyl adjacent to an activating group) is 1. The summed E-state index contributed by atoms with van der Waals surface area (Å²) in [5.74, 6) is -0.259. The smallest absolute Gasteiger partial charge is 0.231 e. The van der Waals surface area contributed by atoms with Gasteiger partial charge in [0.1, 0.15) is 0 Å². The molecule has 3 N–H and O–H groups in total. The van der Waals surface area contributed by atoms with E-state index in [4.69, 9.17) is 5.73 Å². The first-order valence-corrected chi connectivity index (χ1v) is 6.05. The van der Waals surface area contributed by atoms with Crippen molar-refractivity contribution >= 4 is 11.6 Å². The minimum Gasteiger partial charge on any atom is -0.383 e. The molecular formula is C13H19N3O. The topological polar surface area (TPSA) is 58.4 Å². The Balaban J connectivity index is 2.08. The first-order chi connectivity index (χ1) is 8.20. The third-order valence-corrected chi connectivity index (χ3v) is 3.28. The third kappa shape index (κ3) is 2.77. The fraction of sp³-hybridized carbons (Fsp3) is 0.462. The number of nitrogens with two attached hydrogens (primary N) is 1. The minimum atomic E-state index is -0.259. The molecule has 0 spiro atoms.